The second-order valence-electron chi connectivity index (χ2n) is 4.58. The van der Waals surface area contributed by atoms with Gasteiger partial charge < -0.3 is 9.30 Å². The van der Waals surface area contributed by atoms with Crippen LogP contribution in [0.15, 0.2) is 35.1 Å². The Morgan fingerprint density at radius 2 is 1.94 bits per heavy atom. The molecule has 2 aromatic rings. The standard InChI is InChI=1S/C14H17BrN2O/c1-10(2)17-8-13(15)16-14(17)9-18-12-6-4-11(3)5-7-12/h4-8,10H,9H2,1-3H3. The van der Waals surface area contributed by atoms with E-state index in [4.69, 9.17) is 4.74 Å². The fourth-order valence-corrected chi connectivity index (χ4v) is 2.16. The topological polar surface area (TPSA) is 27.1 Å². The van der Waals surface area contributed by atoms with Crippen LogP contribution in [0.1, 0.15) is 31.3 Å². The van der Waals surface area contributed by atoms with Crippen LogP contribution in [0, 0.1) is 6.92 Å². The maximum atomic E-state index is 5.75. The fraction of sp³-hybridized carbons (Fsp3) is 0.357. The highest BCUT2D eigenvalue weighted by Gasteiger charge is 2.09. The maximum Gasteiger partial charge on any atom is 0.148 e. The summed E-state index contributed by atoms with van der Waals surface area (Å²) < 4.78 is 8.70. The molecule has 18 heavy (non-hydrogen) atoms. The Morgan fingerprint density at radius 3 is 2.56 bits per heavy atom. The minimum absolute atomic E-state index is 0.375. The second-order valence-corrected chi connectivity index (χ2v) is 5.40. The molecule has 0 amide bonds. The SMILES string of the molecule is Cc1ccc(OCc2nc(Br)cn2C(C)C)cc1. The molecule has 0 spiro atoms. The Labute approximate surface area is 116 Å². The van der Waals surface area contributed by atoms with Crippen LogP contribution in [-0.2, 0) is 6.61 Å². The zero-order valence-electron chi connectivity index (χ0n) is 10.9. The molecular formula is C14H17BrN2O. The number of aromatic nitrogens is 2. The highest BCUT2D eigenvalue weighted by molar-refractivity contribution is 9.10. The van der Waals surface area contributed by atoms with Crippen molar-refractivity contribution in [2.75, 3.05) is 0 Å². The lowest BCUT2D eigenvalue weighted by atomic mass is 10.2. The highest BCUT2D eigenvalue weighted by Crippen LogP contribution is 2.18. The molecule has 0 saturated heterocycles. The molecule has 0 atom stereocenters. The number of imidazole rings is 1. The van der Waals surface area contributed by atoms with E-state index in [1.54, 1.807) is 0 Å². The van der Waals surface area contributed by atoms with Gasteiger partial charge in [0.2, 0.25) is 0 Å². The summed E-state index contributed by atoms with van der Waals surface area (Å²) in [7, 11) is 0. The molecule has 1 aromatic heterocycles. The van der Waals surface area contributed by atoms with Crippen molar-refractivity contribution in [1.29, 1.82) is 0 Å². The van der Waals surface area contributed by atoms with Crippen LogP contribution in [0.3, 0.4) is 0 Å². The molecule has 96 valence electrons. The molecular weight excluding hydrogens is 292 g/mol. The number of ether oxygens (including phenoxy) is 1. The van der Waals surface area contributed by atoms with Crippen LogP contribution < -0.4 is 4.74 Å². The molecule has 0 aliphatic rings. The van der Waals surface area contributed by atoms with Gasteiger partial charge in [-0.25, -0.2) is 4.98 Å². The van der Waals surface area contributed by atoms with E-state index in [9.17, 15) is 0 Å². The summed E-state index contributed by atoms with van der Waals surface area (Å²) >= 11 is 3.40. The van der Waals surface area contributed by atoms with Crippen molar-refractivity contribution in [3.63, 3.8) is 0 Å². The molecule has 0 saturated carbocycles. The Hall–Kier alpha value is -1.29. The zero-order chi connectivity index (χ0) is 13.1. The lowest BCUT2D eigenvalue weighted by Gasteiger charge is -2.12. The van der Waals surface area contributed by atoms with E-state index in [0.29, 0.717) is 12.6 Å². The quantitative estimate of drug-likeness (QED) is 0.849. The van der Waals surface area contributed by atoms with Gasteiger partial charge in [0.05, 0.1) is 0 Å². The predicted octanol–water partition coefficient (Wildman–Crippen LogP) is 4.11. The molecule has 0 bridgehead atoms. The minimum Gasteiger partial charge on any atom is -0.486 e. The predicted molar refractivity (Wildman–Crippen MR) is 75.8 cm³/mol. The lowest BCUT2D eigenvalue weighted by Crippen LogP contribution is -2.08. The van der Waals surface area contributed by atoms with Crippen molar-refractivity contribution in [2.45, 2.75) is 33.4 Å². The van der Waals surface area contributed by atoms with E-state index in [0.717, 1.165) is 16.2 Å². The number of halogens is 1. The third-order valence-corrected chi connectivity index (χ3v) is 3.11. The number of benzene rings is 1. The average molecular weight is 309 g/mol. The largest absolute Gasteiger partial charge is 0.486 e. The number of hydrogen-bond donors (Lipinski definition) is 0. The van der Waals surface area contributed by atoms with Gasteiger partial charge in [-0.3, -0.25) is 0 Å². The van der Waals surface area contributed by atoms with Crippen LogP contribution in [0.4, 0.5) is 0 Å². The maximum absolute atomic E-state index is 5.75. The van der Waals surface area contributed by atoms with Crippen molar-refractivity contribution in [1.82, 2.24) is 9.55 Å². The van der Waals surface area contributed by atoms with Gasteiger partial charge in [-0.2, -0.15) is 0 Å². The molecule has 0 unspecified atom stereocenters. The summed E-state index contributed by atoms with van der Waals surface area (Å²) in [4.78, 5) is 4.42. The Bertz CT molecular complexity index is 517. The van der Waals surface area contributed by atoms with Gasteiger partial charge in [0.25, 0.3) is 0 Å². The van der Waals surface area contributed by atoms with Gasteiger partial charge in [-0.15, -0.1) is 0 Å². The molecule has 0 aliphatic heterocycles. The van der Waals surface area contributed by atoms with Crippen LogP contribution in [0.5, 0.6) is 5.75 Å². The van der Waals surface area contributed by atoms with Gasteiger partial charge in [-0.1, -0.05) is 17.7 Å². The monoisotopic (exact) mass is 308 g/mol. The normalized spacial score (nSPS) is 10.9. The summed E-state index contributed by atoms with van der Waals surface area (Å²) in [5.41, 5.74) is 1.23. The molecule has 0 radical (unpaired) electrons. The van der Waals surface area contributed by atoms with E-state index >= 15 is 0 Å². The summed E-state index contributed by atoms with van der Waals surface area (Å²) in [5, 5.41) is 0. The molecule has 0 fully saturated rings. The molecule has 4 heteroatoms. The Morgan fingerprint density at radius 1 is 1.28 bits per heavy atom. The number of aryl methyl sites for hydroxylation is 1. The van der Waals surface area contributed by atoms with Gasteiger partial charge in [-0.05, 0) is 48.8 Å². The number of rotatable bonds is 4. The van der Waals surface area contributed by atoms with E-state index in [-0.39, 0.29) is 0 Å². The van der Waals surface area contributed by atoms with E-state index < -0.39 is 0 Å². The third kappa shape index (κ3) is 3.13. The summed E-state index contributed by atoms with van der Waals surface area (Å²) in [6.45, 7) is 6.80. The Balaban J connectivity index is 2.08. The van der Waals surface area contributed by atoms with Crippen molar-refractivity contribution < 1.29 is 4.74 Å². The van der Waals surface area contributed by atoms with Crippen LogP contribution in [-0.4, -0.2) is 9.55 Å². The molecule has 3 nitrogen and oxygen atoms in total. The first-order chi connectivity index (χ1) is 8.56. The van der Waals surface area contributed by atoms with Crippen LogP contribution >= 0.6 is 15.9 Å². The minimum atomic E-state index is 0.375. The first-order valence-corrected chi connectivity index (χ1v) is 6.78. The molecule has 0 N–H and O–H groups in total. The first-order valence-electron chi connectivity index (χ1n) is 5.99. The van der Waals surface area contributed by atoms with Gasteiger partial charge in [0.15, 0.2) is 0 Å². The molecule has 0 aliphatic carbocycles. The smallest absolute Gasteiger partial charge is 0.148 e. The average Bonchev–Trinajstić information content (AvgIpc) is 2.70. The van der Waals surface area contributed by atoms with Gasteiger partial charge in [0.1, 0.15) is 22.8 Å². The van der Waals surface area contributed by atoms with Crippen LogP contribution in [0.25, 0.3) is 0 Å². The number of hydrogen-bond acceptors (Lipinski definition) is 2. The van der Waals surface area contributed by atoms with Crippen molar-refractivity contribution >= 4 is 15.9 Å². The molecule has 2 rings (SSSR count). The van der Waals surface area contributed by atoms with Crippen molar-refractivity contribution in [3.05, 3.63) is 46.5 Å². The first kappa shape index (κ1) is 13.1. The van der Waals surface area contributed by atoms with Crippen molar-refractivity contribution in [2.24, 2.45) is 0 Å². The highest BCUT2D eigenvalue weighted by atomic mass is 79.9. The zero-order valence-corrected chi connectivity index (χ0v) is 12.4. The van der Waals surface area contributed by atoms with Gasteiger partial charge in [0, 0.05) is 12.2 Å². The third-order valence-electron chi connectivity index (χ3n) is 2.72. The van der Waals surface area contributed by atoms with E-state index in [1.807, 2.05) is 30.5 Å². The Kier molecular flexibility index (Phi) is 4.07. The van der Waals surface area contributed by atoms with Crippen LogP contribution in [0.2, 0.25) is 0 Å². The number of nitrogens with zero attached hydrogens (tertiary/aromatic N) is 2. The second kappa shape index (κ2) is 5.57. The molecule has 1 heterocycles. The van der Waals surface area contributed by atoms with E-state index in [1.165, 1.54) is 5.56 Å². The lowest BCUT2D eigenvalue weighted by molar-refractivity contribution is 0.286. The van der Waals surface area contributed by atoms with Crippen molar-refractivity contribution in [3.8, 4) is 5.75 Å². The summed E-state index contributed by atoms with van der Waals surface area (Å²) in [6.07, 6.45) is 1.98. The van der Waals surface area contributed by atoms with Gasteiger partial charge >= 0.3 is 0 Å². The van der Waals surface area contributed by atoms with E-state index in [2.05, 4.69) is 46.3 Å². The fourth-order valence-electron chi connectivity index (χ4n) is 1.74. The summed E-state index contributed by atoms with van der Waals surface area (Å²) in [5.74, 6) is 1.80. The summed E-state index contributed by atoms with van der Waals surface area (Å²) in [6, 6.07) is 8.42. The molecule has 1 aromatic carbocycles.